The smallest absolute Gasteiger partial charge is 0.231 e. The van der Waals surface area contributed by atoms with Crippen LogP contribution < -0.4 is 10.1 Å². The van der Waals surface area contributed by atoms with E-state index < -0.39 is 0 Å². The molecule has 1 amide bonds. The van der Waals surface area contributed by atoms with E-state index in [9.17, 15) is 4.79 Å². The van der Waals surface area contributed by atoms with Gasteiger partial charge in [0.25, 0.3) is 0 Å². The first-order valence-corrected chi connectivity index (χ1v) is 10.1. The van der Waals surface area contributed by atoms with Gasteiger partial charge in [-0.25, -0.2) is 4.98 Å². The third-order valence-electron chi connectivity index (χ3n) is 4.41. The number of aromatic nitrogens is 3. The zero-order valence-electron chi connectivity index (χ0n) is 16.0. The van der Waals surface area contributed by atoms with Gasteiger partial charge in [-0.2, -0.15) is 0 Å². The monoisotopic (exact) mass is 408 g/mol. The molecule has 0 radical (unpaired) electrons. The Balaban J connectivity index is 1.32. The van der Waals surface area contributed by atoms with E-state index in [2.05, 4.69) is 20.5 Å². The maximum atomic E-state index is 12.3. The summed E-state index contributed by atoms with van der Waals surface area (Å²) < 4.78 is 11.0. The summed E-state index contributed by atoms with van der Waals surface area (Å²) in [6, 6.07) is 17.0. The second-order valence-electron chi connectivity index (χ2n) is 6.46. The number of hydrogen-bond donors (Lipinski definition) is 2. The van der Waals surface area contributed by atoms with Crippen LogP contribution >= 0.6 is 11.8 Å². The van der Waals surface area contributed by atoms with Gasteiger partial charge in [-0.1, -0.05) is 30.0 Å². The van der Waals surface area contributed by atoms with E-state index in [0.29, 0.717) is 11.0 Å². The molecule has 0 saturated carbocycles. The molecule has 2 aromatic carbocycles. The third-order valence-corrected chi connectivity index (χ3v) is 5.26. The lowest BCUT2D eigenvalue weighted by Gasteiger charge is -2.10. The first-order chi connectivity index (χ1) is 14.1. The molecule has 148 valence electrons. The normalized spacial score (nSPS) is 12.1. The standard InChI is InChI=1S/C21H20N4O3S/c1-13(18-11-15-5-3-4-6-17(15)28-18)22-19(26)12-29-21-23-20(24-25-21)14-7-9-16(27-2)10-8-14/h3-11,13H,12H2,1-2H3,(H,22,26)(H,23,24,25)/t13-/m0/s1. The third kappa shape index (κ3) is 4.43. The molecule has 8 heteroatoms. The fourth-order valence-corrected chi connectivity index (χ4v) is 3.50. The molecule has 0 aliphatic heterocycles. The molecule has 4 aromatic rings. The number of nitrogens with one attached hydrogen (secondary N) is 2. The quantitative estimate of drug-likeness (QED) is 0.445. The summed E-state index contributed by atoms with van der Waals surface area (Å²) >= 11 is 1.27. The van der Waals surface area contributed by atoms with Crippen LogP contribution in [-0.2, 0) is 4.79 Å². The second-order valence-corrected chi connectivity index (χ2v) is 7.40. The number of methoxy groups -OCH3 is 1. The lowest BCUT2D eigenvalue weighted by molar-refractivity contribution is -0.119. The lowest BCUT2D eigenvalue weighted by Crippen LogP contribution is -2.27. The van der Waals surface area contributed by atoms with E-state index in [0.717, 1.165) is 28.0 Å². The van der Waals surface area contributed by atoms with E-state index >= 15 is 0 Å². The molecule has 29 heavy (non-hydrogen) atoms. The molecule has 0 unspecified atom stereocenters. The minimum absolute atomic E-state index is 0.112. The van der Waals surface area contributed by atoms with Crippen LogP contribution in [0.25, 0.3) is 22.4 Å². The Labute approximate surface area is 171 Å². The molecular weight excluding hydrogens is 388 g/mol. The number of carbonyl (C=O) groups excluding carboxylic acids is 1. The van der Waals surface area contributed by atoms with Crippen molar-refractivity contribution in [3.8, 4) is 17.1 Å². The van der Waals surface area contributed by atoms with E-state index in [-0.39, 0.29) is 17.7 Å². The van der Waals surface area contributed by atoms with Crippen molar-refractivity contribution in [3.05, 3.63) is 60.4 Å². The molecule has 0 aliphatic rings. The Hall–Kier alpha value is -3.26. The molecule has 0 bridgehead atoms. The van der Waals surface area contributed by atoms with Crippen LogP contribution in [0.3, 0.4) is 0 Å². The number of benzene rings is 2. The highest BCUT2D eigenvalue weighted by Crippen LogP contribution is 2.24. The zero-order valence-corrected chi connectivity index (χ0v) is 16.8. The highest BCUT2D eigenvalue weighted by atomic mass is 32.2. The van der Waals surface area contributed by atoms with Crippen LogP contribution in [0, 0.1) is 0 Å². The topological polar surface area (TPSA) is 93.0 Å². The number of nitrogens with zero attached hydrogens (tertiary/aromatic N) is 2. The Morgan fingerprint density at radius 2 is 2.03 bits per heavy atom. The molecule has 2 heterocycles. The van der Waals surface area contributed by atoms with Crippen molar-refractivity contribution < 1.29 is 13.9 Å². The van der Waals surface area contributed by atoms with Crippen LogP contribution in [0.5, 0.6) is 5.75 Å². The predicted molar refractivity (Wildman–Crippen MR) is 112 cm³/mol. The SMILES string of the molecule is COc1ccc(-c2nc(SCC(=O)N[C@@H](C)c3cc4ccccc4o3)n[nH]2)cc1. The summed E-state index contributed by atoms with van der Waals surface area (Å²) in [4.78, 5) is 16.7. The number of furan rings is 1. The average molecular weight is 408 g/mol. The van der Waals surface area contributed by atoms with Gasteiger partial charge in [0, 0.05) is 10.9 Å². The van der Waals surface area contributed by atoms with Crippen LogP contribution in [0.1, 0.15) is 18.7 Å². The number of hydrogen-bond acceptors (Lipinski definition) is 6. The van der Waals surface area contributed by atoms with E-state index in [1.165, 1.54) is 11.8 Å². The summed E-state index contributed by atoms with van der Waals surface area (Å²) in [6.45, 7) is 1.90. The van der Waals surface area contributed by atoms with Gasteiger partial charge in [-0.15, -0.1) is 5.10 Å². The molecule has 7 nitrogen and oxygen atoms in total. The number of rotatable bonds is 7. The Kier molecular flexibility index (Phi) is 5.53. The Morgan fingerprint density at radius 1 is 1.24 bits per heavy atom. The molecule has 4 rings (SSSR count). The van der Waals surface area contributed by atoms with Crippen LogP contribution in [0.15, 0.2) is 64.2 Å². The fraction of sp³-hybridized carbons (Fsp3) is 0.190. The number of aromatic amines is 1. The maximum absolute atomic E-state index is 12.3. The average Bonchev–Trinajstić information content (AvgIpc) is 3.39. The number of H-pyrrole nitrogens is 1. The Bertz CT molecular complexity index is 1090. The van der Waals surface area contributed by atoms with E-state index in [1.54, 1.807) is 7.11 Å². The molecule has 0 aliphatic carbocycles. The largest absolute Gasteiger partial charge is 0.497 e. The van der Waals surface area contributed by atoms with Crippen molar-refractivity contribution in [1.29, 1.82) is 0 Å². The van der Waals surface area contributed by atoms with Gasteiger partial charge in [-0.3, -0.25) is 9.89 Å². The van der Waals surface area contributed by atoms with E-state index in [4.69, 9.17) is 9.15 Å². The maximum Gasteiger partial charge on any atom is 0.231 e. The molecular formula is C21H20N4O3S. The number of thioether (sulfide) groups is 1. The number of para-hydroxylation sites is 1. The van der Waals surface area contributed by atoms with Gasteiger partial charge in [0.1, 0.15) is 17.1 Å². The summed E-state index contributed by atoms with van der Waals surface area (Å²) in [6.07, 6.45) is 0. The molecule has 1 atom stereocenters. The number of fused-ring (bicyclic) bond motifs is 1. The summed E-state index contributed by atoms with van der Waals surface area (Å²) in [5.74, 6) is 2.25. The summed E-state index contributed by atoms with van der Waals surface area (Å²) in [5, 5.41) is 11.5. The van der Waals surface area contributed by atoms with Crippen molar-refractivity contribution in [2.45, 2.75) is 18.1 Å². The summed E-state index contributed by atoms with van der Waals surface area (Å²) in [5.41, 5.74) is 1.71. The molecule has 2 N–H and O–H groups in total. The van der Waals surface area contributed by atoms with Gasteiger partial charge < -0.3 is 14.5 Å². The fourth-order valence-electron chi connectivity index (χ4n) is 2.89. The van der Waals surface area contributed by atoms with Crippen LogP contribution in [0.2, 0.25) is 0 Å². The van der Waals surface area contributed by atoms with Crippen molar-refractivity contribution in [2.24, 2.45) is 0 Å². The second kappa shape index (κ2) is 8.40. The van der Waals surface area contributed by atoms with Crippen LogP contribution in [0.4, 0.5) is 0 Å². The number of ether oxygens (including phenoxy) is 1. The molecule has 0 fully saturated rings. The minimum atomic E-state index is -0.225. The highest BCUT2D eigenvalue weighted by molar-refractivity contribution is 7.99. The van der Waals surface area contributed by atoms with Crippen molar-refractivity contribution in [1.82, 2.24) is 20.5 Å². The molecule has 0 saturated heterocycles. The van der Waals surface area contributed by atoms with Crippen LogP contribution in [-0.4, -0.2) is 34.0 Å². The first-order valence-electron chi connectivity index (χ1n) is 9.10. The van der Waals surface area contributed by atoms with Gasteiger partial charge in [0.2, 0.25) is 11.1 Å². The highest BCUT2D eigenvalue weighted by Gasteiger charge is 2.15. The first kappa shape index (κ1) is 19.1. The van der Waals surface area contributed by atoms with Gasteiger partial charge >= 0.3 is 0 Å². The van der Waals surface area contributed by atoms with Gasteiger partial charge in [0.15, 0.2) is 5.82 Å². The predicted octanol–water partition coefficient (Wildman–Crippen LogP) is 4.20. The zero-order chi connectivity index (χ0) is 20.2. The van der Waals surface area contributed by atoms with Crippen molar-refractivity contribution in [3.63, 3.8) is 0 Å². The number of amides is 1. The van der Waals surface area contributed by atoms with Crippen molar-refractivity contribution in [2.75, 3.05) is 12.9 Å². The van der Waals surface area contributed by atoms with Gasteiger partial charge in [-0.05, 0) is 43.3 Å². The minimum Gasteiger partial charge on any atom is -0.497 e. The number of carbonyl (C=O) groups is 1. The molecule has 2 aromatic heterocycles. The lowest BCUT2D eigenvalue weighted by atomic mass is 10.2. The summed E-state index contributed by atoms with van der Waals surface area (Å²) in [7, 11) is 1.62. The van der Waals surface area contributed by atoms with E-state index in [1.807, 2.05) is 61.5 Å². The van der Waals surface area contributed by atoms with Crippen molar-refractivity contribution >= 4 is 28.6 Å². The molecule has 0 spiro atoms. The Morgan fingerprint density at radius 3 is 2.79 bits per heavy atom. The van der Waals surface area contributed by atoms with Gasteiger partial charge in [0.05, 0.1) is 18.9 Å².